The van der Waals surface area contributed by atoms with E-state index in [9.17, 15) is 0 Å². The fourth-order valence-corrected chi connectivity index (χ4v) is 4.61. The van der Waals surface area contributed by atoms with Gasteiger partial charge < -0.3 is 20.3 Å². The summed E-state index contributed by atoms with van der Waals surface area (Å²) in [4.78, 5) is 7.72. The van der Waals surface area contributed by atoms with Gasteiger partial charge in [-0.05, 0) is 67.9 Å². The minimum Gasteiger partial charge on any atom is -0.497 e. The molecule has 1 saturated heterocycles. The summed E-state index contributed by atoms with van der Waals surface area (Å²) >= 11 is 3.61. The summed E-state index contributed by atoms with van der Waals surface area (Å²) < 4.78 is 6.45. The lowest BCUT2D eigenvalue weighted by atomic mass is 10.1. The number of nitrogens with two attached hydrogens (primary N) is 1. The Labute approximate surface area is 196 Å². The topological polar surface area (TPSA) is 45.0 Å². The summed E-state index contributed by atoms with van der Waals surface area (Å²) in [5.41, 5.74) is 8.32. The molecule has 6 heteroatoms. The van der Waals surface area contributed by atoms with Gasteiger partial charge in [0.25, 0.3) is 0 Å². The number of halogens is 1. The third-order valence-corrected chi connectivity index (χ3v) is 6.45. The minimum absolute atomic E-state index is 0.794. The Hall–Kier alpha value is -1.44. The first-order chi connectivity index (χ1) is 15.2. The second-order valence-electron chi connectivity index (χ2n) is 8.37. The minimum atomic E-state index is 0.794. The van der Waals surface area contributed by atoms with Crippen LogP contribution >= 0.6 is 15.9 Å². The summed E-state index contributed by atoms with van der Waals surface area (Å²) in [6.45, 7) is 10.8. The fraction of sp³-hybridized carbons (Fsp3) is 0.520. The average Bonchev–Trinajstić information content (AvgIpc) is 2.79. The number of methoxy groups -OCH3 is 1. The molecule has 0 atom stereocenters. The number of rotatable bonds is 12. The highest BCUT2D eigenvalue weighted by atomic mass is 79.9. The SMILES string of the molecule is COc1ccc(CN(CCCN2CCN(CCCN)CC2)Cc2cccc(Br)c2)cc1. The molecule has 170 valence electrons. The van der Waals surface area contributed by atoms with Crippen LogP contribution in [0.5, 0.6) is 5.75 Å². The van der Waals surface area contributed by atoms with E-state index in [0.717, 1.165) is 49.4 Å². The molecule has 1 aliphatic rings. The highest BCUT2D eigenvalue weighted by Crippen LogP contribution is 2.17. The molecular formula is C25H37BrN4O. The summed E-state index contributed by atoms with van der Waals surface area (Å²) in [7, 11) is 1.71. The molecule has 0 bridgehead atoms. The van der Waals surface area contributed by atoms with Gasteiger partial charge in [-0.15, -0.1) is 0 Å². The van der Waals surface area contributed by atoms with Crippen LogP contribution in [-0.4, -0.2) is 74.2 Å². The monoisotopic (exact) mass is 488 g/mol. The zero-order valence-corrected chi connectivity index (χ0v) is 20.4. The molecule has 2 aromatic rings. The van der Waals surface area contributed by atoms with Gasteiger partial charge in [0.15, 0.2) is 0 Å². The van der Waals surface area contributed by atoms with Crippen LogP contribution in [0.15, 0.2) is 53.0 Å². The number of hydrogen-bond acceptors (Lipinski definition) is 5. The van der Waals surface area contributed by atoms with Crippen LogP contribution in [0.1, 0.15) is 24.0 Å². The molecule has 0 amide bonds. The second-order valence-corrected chi connectivity index (χ2v) is 9.28. The molecule has 2 aromatic carbocycles. The lowest BCUT2D eigenvalue weighted by Crippen LogP contribution is -2.47. The zero-order valence-electron chi connectivity index (χ0n) is 18.8. The first kappa shape index (κ1) is 24.2. The van der Waals surface area contributed by atoms with Crippen molar-refractivity contribution in [3.05, 3.63) is 64.1 Å². The van der Waals surface area contributed by atoms with E-state index < -0.39 is 0 Å². The van der Waals surface area contributed by atoms with E-state index in [-0.39, 0.29) is 0 Å². The smallest absolute Gasteiger partial charge is 0.118 e. The Morgan fingerprint density at radius 1 is 0.903 bits per heavy atom. The molecule has 0 saturated carbocycles. The van der Waals surface area contributed by atoms with E-state index in [1.54, 1.807) is 7.11 Å². The van der Waals surface area contributed by atoms with Crippen molar-refractivity contribution in [3.63, 3.8) is 0 Å². The molecule has 3 rings (SSSR count). The maximum absolute atomic E-state index is 5.65. The van der Waals surface area contributed by atoms with Gasteiger partial charge in [0, 0.05) is 50.3 Å². The van der Waals surface area contributed by atoms with Crippen molar-refractivity contribution in [2.45, 2.75) is 25.9 Å². The van der Waals surface area contributed by atoms with E-state index in [2.05, 4.69) is 79.2 Å². The summed E-state index contributed by atoms with van der Waals surface area (Å²) in [5.74, 6) is 0.910. The normalized spacial score (nSPS) is 15.5. The third kappa shape index (κ3) is 8.54. The maximum Gasteiger partial charge on any atom is 0.118 e. The lowest BCUT2D eigenvalue weighted by Gasteiger charge is -2.35. The number of hydrogen-bond donors (Lipinski definition) is 1. The van der Waals surface area contributed by atoms with E-state index in [1.165, 1.54) is 50.3 Å². The number of nitrogens with zero attached hydrogens (tertiary/aromatic N) is 3. The zero-order chi connectivity index (χ0) is 21.9. The number of piperazine rings is 1. The van der Waals surface area contributed by atoms with Crippen LogP contribution in [0.25, 0.3) is 0 Å². The van der Waals surface area contributed by atoms with Crippen LogP contribution in [0, 0.1) is 0 Å². The average molecular weight is 490 g/mol. The van der Waals surface area contributed by atoms with Crippen molar-refractivity contribution in [2.75, 3.05) is 59.5 Å². The van der Waals surface area contributed by atoms with Crippen molar-refractivity contribution in [1.29, 1.82) is 0 Å². The molecule has 0 aromatic heterocycles. The Kier molecular flexibility index (Phi) is 10.3. The summed E-state index contributed by atoms with van der Waals surface area (Å²) in [5, 5.41) is 0. The number of ether oxygens (including phenoxy) is 1. The molecule has 1 aliphatic heterocycles. The van der Waals surface area contributed by atoms with Crippen molar-refractivity contribution in [1.82, 2.24) is 14.7 Å². The Morgan fingerprint density at radius 2 is 1.55 bits per heavy atom. The van der Waals surface area contributed by atoms with E-state index in [0.29, 0.717) is 0 Å². The molecule has 0 unspecified atom stereocenters. The first-order valence-electron chi connectivity index (χ1n) is 11.4. The molecule has 1 heterocycles. The van der Waals surface area contributed by atoms with E-state index in [4.69, 9.17) is 10.5 Å². The van der Waals surface area contributed by atoms with Crippen molar-refractivity contribution >= 4 is 15.9 Å². The van der Waals surface area contributed by atoms with Crippen LogP contribution in [0.4, 0.5) is 0 Å². The number of benzene rings is 2. The highest BCUT2D eigenvalue weighted by molar-refractivity contribution is 9.10. The third-order valence-electron chi connectivity index (χ3n) is 5.95. The Balaban J connectivity index is 1.51. The fourth-order valence-electron chi connectivity index (χ4n) is 4.17. The highest BCUT2D eigenvalue weighted by Gasteiger charge is 2.16. The van der Waals surface area contributed by atoms with Crippen LogP contribution in [0.3, 0.4) is 0 Å². The van der Waals surface area contributed by atoms with Gasteiger partial charge in [-0.2, -0.15) is 0 Å². The quantitative estimate of drug-likeness (QED) is 0.491. The van der Waals surface area contributed by atoms with Gasteiger partial charge in [0.1, 0.15) is 5.75 Å². The van der Waals surface area contributed by atoms with Crippen molar-refractivity contribution in [2.24, 2.45) is 5.73 Å². The predicted octanol–water partition coefficient (Wildman–Crippen LogP) is 3.82. The Morgan fingerprint density at radius 3 is 2.16 bits per heavy atom. The standard InChI is InChI=1S/C25H37BrN4O/c1-31-25-9-7-22(8-10-25)20-30(21-23-5-2-6-24(26)19-23)14-4-13-29-17-15-28(16-18-29)12-3-11-27/h2,5-10,19H,3-4,11-18,20-21,27H2,1H3. The van der Waals surface area contributed by atoms with Gasteiger partial charge in [0.05, 0.1) is 7.11 Å². The second kappa shape index (κ2) is 13.2. The van der Waals surface area contributed by atoms with E-state index in [1.807, 2.05) is 0 Å². The largest absolute Gasteiger partial charge is 0.497 e. The van der Waals surface area contributed by atoms with E-state index >= 15 is 0 Å². The predicted molar refractivity (Wildman–Crippen MR) is 132 cm³/mol. The van der Waals surface area contributed by atoms with Gasteiger partial charge >= 0.3 is 0 Å². The van der Waals surface area contributed by atoms with Gasteiger partial charge in [0.2, 0.25) is 0 Å². The molecule has 0 aliphatic carbocycles. The summed E-state index contributed by atoms with van der Waals surface area (Å²) in [6, 6.07) is 17.1. The van der Waals surface area contributed by atoms with Gasteiger partial charge in [-0.1, -0.05) is 40.2 Å². The lowest BCUT2D eigenvalue weighted by molar-refractivity contribution is 0.125. The Bertz CT molecular complexity index is 762. The molecule has 2 N–H and O–H groups in total. The molecule has 31 heavy (non-hydrogen) atoms. The summed E-state index contributed by atoms with van der Waals surface area (Å²) in [6.07, 6.45) is 2.29. The molecule has 5 nitrogen and oxygen atoms in total. The molecular weight excluding hydrogens is 452 g/mol. The first-order valence-corrected chi connectivity index (χ1v) is 12.2. The van der Waals surface area contributed by atoms with Crippen molar-refractivity contribution < 1.29 is 4.74 Å². The van der Waals surface area contributed by atoms with Crippen LogP contribution in [-0.2, 0) is 13.1 Å². The van der Waals surface area contributed by atoms with Gasteiger partial charge in [-0.3, -0.25) is 4.90 Å². The van der Waals surface area contributed by atoms with Crippen molar-refractivity contribution in [3.8, 4) is 5.75 Å². The van der Waals surface area contributed by atoms with Gasteiger partial charge in [-0.25, -0.2) is 0 Å². The molecule has 1 fully saturated rings. The molecule has 0 radical (unpaired) electrons. The van der Waals surface area contributed by atoms with Crippen LogP contribution in [0.2, 0.25) is 0 Å². The van der Waals surface area contributed by atoms with Crippen LogP contribution < -0.4 is 10.5 Å². The maximum atomic E-state index is 5.65. The molecule has 0 spiro atoms.